The minimum absolute atomic E-state index is 0.197. The van der Waals surface area contributed by atoms with Crippen molar-refractivity contribution < 1.29 is 19.0 Å². The molecule has 0 aliphatic rings. The molecular formula is C31H37N3O4. The van der Waals surface area contributed by atoms with Crippen molar-refractivity contribution in [3.63, 3.8) is 0 Å². The SMILES string of the molecule is CCC(C)c1ccc(OCCCCn2c(CNC(=O)c3ccc(OC)c(OC)c3)nc3ccccc32)cc1. The van der Waals surface area contributed by atoms with Crippen molar-refractivity contribution in [2.24, 2.45) is 0 Å². The fraction of sp³-hybridized carbons (Fsp3) is 0.355. The van der Waals surface area contributed by atoms with Crippen LogP contribution in [0.5, 0.6) is 17.2 Å². The van der Waals surface area contributed by atoms with E-state index in [1.54, 1.807) is 32.4 Å². The zero-order chi connectivity index (χ0) is 26.9. The molecule has 4 rings (SSSR count). The molecule has 0 radical (unpaired) electrons. The minimum Gasteiger partial charge on any atom is -0.494 e. The maximum atomic E-state index is 12.9. The summed E-state index contributed by atoms with van der Waals surface area (Å²) in [6.45, 7) is 6.21. The lowest BCUT2D eigenvalue weighted by molar-refractivity contribution is 0.0949. The van der Waals surface area contributed by atoms with Gasteiger partial charge in [-0.1, -0.05) is 38.1 Å². The number of fused-ring (bicyclic) bond motifs is 1. The molecule has 7 nitrogen and oxygen atoms in total. The predicted molar refractivity (Wildman–Crippen MR) is 150 cm³/mol. The maximum absolute atomic E-state index is 12.9. The van der Waals surface area contributed by atoms with E-state index in [4.69, 9.17) is 19.2 Å². The van der Waals surface area contributed by atoms with Crippen molar-refractivity contribution in [1.82, 2.24) is 14.9 Å². The van der Waals surface area contributed by atoms with Gasteiger partial charge in [-0.15, -0.1) is 0 Å². The molecule has 1 atom stereocenters. The van der Waals surface area contributed by atoms with Crippen LogP contribution in [0.2, 0.25) is 0 Å². The summed E-state index contributed by atoms with van der Waals surface area (Å²) in [7, 11) is 3.12. The van der Waals surface area contributed by atoms with Crippen LogP contribution < -0.4 is 19.5 Å². The lowest BCUT2D eigenvalue weighted by Crippen LogP contribution is -2.25. The molecule has 0 aliphatic heterocycles. The van der Waals surface area contributed by atoms with Crippen molar-refractivity contribution >= 4 is 16.9 Å². The van der Waals surface area contributed by atoms with Crippen LogP contribution in [0.3, 0.4) is 0 Å². The summed E-state index contributed by atoms with van der Waals surface area (Å²) in [5.74, 6) is 3.19. The summed E-state index contributed by atoms with van der Waals surface area (Å²) in [6, 6.07) is 21.6. The Kier molecular flexibility index (Phi) is 9.25. The first-order valence-electron chi connectivity index (χ1n) is 13.2. The quantitative estimate of drug-likeness (QED) is 0.210. The Labute approximate surface area is 224 Å². The Hall–Kier alpha value is -4.00. The van der Waals surface area contributed by atoms with E-state index in [1.165, 1.54) is 5.56 Å². The first-order chi connectivity index (χ1) is 18.5. The number of carbonyl (C=O) groups excluding carboxylic acids is 1. The minimum atomic E-state index is -0.197. The molecule has 1 aromatic heterocycles. The number of methoxy groups -OCH3 is 2. The maximum Gasteiger partial charge on any atom is 0.251 e. The van der Waals surface area contributed by atoms with Gasteiger partial charge in [0.1, 0.15) is 11.6 Å². The van der Waals surface area contributed by atoms with Crippen LogP contribution in [0, 0.1) is 0 Å². The van der Waals surface area contributed by atoms with E-state index in [1.807, 2.05) is 18.2 Å². The molecule has 0 aliphatic carbocycles. The fourth-order valence-corrected chi connectivity index (χ4v) is 4.44. The molecule has 0 saturated carbocycles. The number of nitrogens with zero attached hydrogens (tertiary/aromatic N) is 2. The number of carbonyl (C=O) groups is 1. The Morgan fingerprint density at radius 2 is 1.74 bits per heavy atom. The summed E-state index contributed by atoms with van der Waals surface area (Å²) in [5.41, 5.74) is 3.82. The Morgan fingerprint density at radius 1 is 0.974 bits per heavy atom. The largest absolute Gasteiger partial charge is 0.494 e. The average molecular weight is 516 g/mol. The molecule has 4 aromatic rings. The van der Waals surface area contributed by atoms with Gasteiger partial charge in [0.05, 0.1) is 38.4 Å². The number of unbranched alkanes of at least 4 members (excludes halogenated alkanes) is 1. The van der Waals surface area contributed by atoms with E-state index >= 15 is 0 Å². The number of para-hydroxylation sites is 2. The van der Waals surface area contributed by atoms with Crippen LogP contribution in [0.1, 0.15) is 60.8 Å². The summed E-state index contributed by atoms with van der Waals surface area (Å²) in [5, 5.41) is 3.00. The number of aromatic nitrogens is 2. The normalized spacial score (nSPS) is 11.8. The second kappa shape index (κ2) is 13.0. The van der Waals surface area contributed by atoms with Crippen LogP contribution in [-0.4, -0.2) is 36.3 Å². The Bertz CT molecular complexity index is 1350. The van der Waals surface area contributed by atoms with Gasteiger partial charge >= 0.3 is 0 Å². The van der Waals surface area contributed by atoms with Gasteiger partial charge in [0, 0.05) is 12.1 Å². The van der Waals surface area contributed by atoms with Gasteiger partial charge < -0.3 is 24.1 Å². The molecule has 0 fully saturated rings. The third-order valence-electron chi connectivity index (χ3n) is 6.89. The molecule has 38 heavy (non-hydrogen) atoms. The monoisotopic (exact) mass is 515 g/mol. The number of hydrogen-bond donors (Lipinski definition) is 1. The van der Waals surface area contributed by atoms with Crippen molar-refractivity contribution in [1.29, 1.82) is 0 Å². The molecule has 7 heteroatoms. The number of imidazole rings is 1. The lowest BCUT2D eigenvalue weighted by atomic mass is 9.99. The zero-order valence-corrected chi connectivity index (χ0v) is 22.7. The third kappa shape index (κ3) is 6.46. The molecule has 1 N–H and O–H groups in total. The smallest absolute Gasteiger partial charge is 0.251 e. The van der Waals surface area contributed by atoms with Gasteiger partial charge in [0.25, 0.3) is 5.91 Å². The number of benzene rings is 3. The number of amides is 1. The van der Waals surface area contributed by atoms with Crippen molar-refractivity contribution in [2.75, 3.05) is 20.8 Å². The van der Waals surface area contributed by atoms with Crippen LogP contribution in [0.15, 0.2) is 66.7 Å². The molecule has 3 aromatic carbocycles. The highest BCUT2D eigenvalue weighted by Crippen LogP contribution is 2.27. The topological polar surface area (TPSA) is 74.6 Å². The number of aryl methyl sites for hydroxylation is 1. The molecule has 0 bridgehead atoms. The first kappa shape index (κ1) is 27.0. The summed E-state index contributed by atoms with van der Waals surface area (Å²) < 4.78 is 18.8. The third-order valence-corrected chi connectivity index (χ3v) is 6.89. The van der Waals surface area contributed by atoms with Gasteiger partial charge in [-0.2, -0.15) is 0 Å². The van der Waals surface area contributed by atoms with E-state index in [0.717, 1.165) is 48.4 Å². The van der Waals surface area contributed by atoms with Crippen LogP contribution in [-0.2, 0) is 13.1 Å². The lowest BCUT2D eigenvalue weighted by Gasteiger charge is -2.12. The van der Waals surface area contributed by atoms with Crippen LogP contribution in [0.4, 0.5) is 0 Å². The molecule has 200 valence electrons. The predicted octanol–water partition coefficient (Wildman–Crippen LogP) is 6.36. The highest BCUT2D eigenvalue weighted by atomic mass is 16.5. The van der Waals surface area contributed by atoms with Crippen LogP contribution >= 0.6 is 0 Å². The number of nitrogens with one attached hydrogen (secondary N) is 1. The summed E-state index contributed by atoms with van der Waals surface area (Å²) >= 11 is 0. The fourth-order valence-electron chi connectivity index (χ4n) is 4.44. The number of rotatable bonds is 13. The van der Waals surface area contributed by atoms with Crippen molar-refractivity contribution in [3.8, 4) is 17.2 Å². The van der Waals surface area contributed by atoms with E-state index in [0.29, 0.717) is 36.1 Å². The second-order valence-electron chi connectivity index (χ2n) is 9.35. The van der Waals surface area contributed by atoms with Crippen molar-refractivity contribution in [3.05, 3.63) is 83.7 Å². The number of hydrogen-bond acceptors (Lipinski definition) is 5. The molecular weight excluding hydrogens is 478 g/mol. The van der Waals surface area contributed by atoms with Gasteiger partial charge in [-0.05, 0) is 73.2 Å². The summed E-state index contributed by atoms with van der Waals surface area (Å²) in [6.07, 6.45) is 2.98. The molecule has 0 saturated heterocycles. The Morgan fingerprint density at radius 3 is 2.47 bits per heavy atom. The molecule has 1 unspecified atom stereocenters. The van der Waals surface area contributed by atoms with Gasteiger partial charge in [0.2, 0.25) is 0 Å². The van der Waals surface area contributed by atoms with E-state index < -0.39 is 0 Å². The van der Waals surface area contributed by atoms with Crippen LogP contribution in [0.25, 0.3) is 11.0 Å². The zero-order valence-electron chi connectivity index (χ0n) is 22.7. The summed E-state index contributed by atoms with van der Waals surface area (Å²) in [4.78, 5) is 17.6. The van der Waals surface area contributed by atoms with Gasteiger partial charge in [-0.25, -0.2) is 4.98 Å². The Balaban J connectivity index is 1.35. The molecule has 1 heterocycles. The highest BCUT2D eigenvalue weighted by molar-refractivity contribution is 5.94. The molecule has 1 amide bonds. The highest BCUT2D eigenvalue weighted by Gasteiger charge is 2.14. The van der Waals surface area contributed by atoms with E-state index in [2.05, 4.69) is 54.1 Å². The van der Waals surface area contributed by atoms with Gasteiger partial charge in [0.15, 0.2) is 11.5 Å². The average Bonchev–Trinajstić information content (AvgIpc) is 3.32. The second-order valence-corrected chi connectivity index (χ2v) is 9.35. The van der Waals surface area contributed by atoms with E-state index in [9.17, 15) is 4.79 Å². The number of ether oxygens (including phenoxy) is 3. The van der Waals surface area contributed by atoms with E-state index in [-0.39, 0.29) is 5.91 Å². The van der Waals surface area contributed by atoms with Gasteiger partial charge in [-0.3, -0.25) is 4.79 Å². The van der Waals surface area contributed by atoms with Crippen molar-refractivity contribution in [2.45, 2.75) is 52.1 Å². The standard InChI is InChI=1S/C31H37N3O4/c1-5-22(2)23-12-15-25(16-13-23)38-19-9-8-18-34-27-11-7-6-10-26(27)33-30(34)21-32-31(35)24-14-17-28(36-3)29(20-24)37-4/h6-7,10-17,20,22H,5,8-9,18-19,21H2,1-4H3,(H,32,35). The molecule has 0 spiro atoms. The first-order valence-corrected chi connectivity index (χ1v) is 13.2.